The van der Waals surface area contributed by atoms with Gasteiger partial charge in [0.05, 0.1) is 5.69 Å². The molecule has 0 aromatic carbocycles. The van der Waals surface area contributed by atoms with Gasteiger partial charge in [-0.25, -0.2) is 14.3 Å². The summed E-state index contributed by atoms with van der Waals surface area (Å²) in [5.74, 6) is 0.462. The Morgan fingerprint density at radius 2 is 2.33 bits per heavy atom. The van der Waals surface area contributed by atoms with Crippen LogP contribution >= 0.6 is 11.3 Å². The minimum absolute atomic E-state index is 0.326. The third kappa shape index (κ3) is 1.25. The molecule has 0 amide bonds. The van der Waals surface area contributed by atoms with Crippen LogP contribution in [-0.4, -0.2) is 25.7 Å². The summed E-state index contributed by atoms with van der Waals surface area (Å²) in [5.41, 5.74) is 0.668. The topological polar surface area (TPSA) is 67.5 Å². The van der Waals surface area contributed by atoms with E-state index in [1.165, 1.54) is 11.3 Å². The number of hydrogen-bond acceptors (Lipinski definition) is 4. The third-order valence-corrected chi connectivity index (χ3v) is 3.69. The molecule has 0 atom stereocenters. The van der Waals surface area contributed by atoms with Crippen molar-refractivity contribution in [1.82, 2.24) is 14.6 Å². The Hall–Kier alpha value is -1.43. The van der Waals surface area contributed by atoms with Gasteiger partial charge in [-0.2, -0.15) is 5.10 Å². The van der Waals surface area contributed by atoms with Gasteiger partial charge in [0.1, 0.15) is 4.88 Å². The number of nitrogens with zero attached hydrogens (tertiary/aromatic N) is 3. The summed E-state index contributed by atoms with van der Waals surface area (Å²) in [6.45, 7) is 1.76. The molecule has 0 radical (unpaired) electrons. The first-order valence-electron chi connectivity index (χ1n) is 4.76. The smallest absolute Gasteiger partial charge is 0.347 e. The van der Waals surface area contributed by atoms with Crippen molar-refractivity contribution in [1.29, 1.82) is 0 Å². The van der Waals surface area contributed by atoms with Gasteiger partial charge in [-0.3, -0.25) is 0 Å². The summed E-state index contributed by atoms with van der Waals surface area (Å²) < 4.78 is 1.64. The van der Waals surface area contributed by atoms with E-state index in [-0.39, 0.29) is 0 Å². The zero-order valence-electron chi connectivity index (χ0n) is 8.10. The first-order valence-corrected chi connectivity index (χ1v) is 5.58. The Bertz CT molecular complexity index is 553. The molecule has 0 unspecified atom stereocenters. The molecule has 2 aromatic heterocycles. The number of aromatic carboxylic acids is 1. The van der Waals surface area contributed by atoms with Crippen LogP contribution in [0, 0.1) is 6.92 Å². The normalized spacial score (nSPS) is 16.1. The highest BCUT2D eigenvalue weighted by Crippen LogP contribution is 2.38. The van der Waals surface area contributed by atoms with Gasteiger partial charge >= 0.3 is 5.97 Å². The number of rotatable bonds is 2. The van der Waals surface area contributed by atoms with E-state index < -0.39 is 5.97 Å². The van der Waals surface area contributed by atoms with Crippen molar-refractivity contribution in [2.75, 3.05) is 0 Å². The van der Waals surface area contributed by atoms with E-state index in [0.29, 0.717) is 21.4 Å². The number of fused-ring (bicyclic) bond motifs is 1. The maximum Gasteiger partial charge on any atom is 0.347 e. The highest BCUT2D eigenvalue weighted by molar-refractivity contribution is 7.18. The average Bonchev–Trinajstić information content (AvgIpc) is 2.87. The van der Waals surface area contributed by atoms with Gasteiger partial charge in [-0.05, 0) is 19.8 Å². The zero-order valence-corrected chi connectivity index (χ0v) is 8.91. The second kappa shape index (κ2) is 2.79. The van der Waals surface area contributed by atoms with Crippen molar-refractivity contribution in [3.05, 3.63) is 16.4 Å². The second-order valence-electron chi connectivity index (χ2n) is 3.76. The second-order valence-corrected chi connectivity index (χ2v) is 4.74. The Morgan fingerprint density at radius 1 is 1.60 bits per heavy atom. The molecule has 78 valence electrons. The van der Waals surface area contributed by atoms with Gasteiger partial charge < -0.3 is 5.11 Å². The van der Waals surface area contributed by atoms with Crippen LogP contribution in [0.4, 0.5) is 0 Å². The molecule has 6 heteroatoms. The van der Waals surface area contributed by atoms with Crippen molar-refractivity contribution in [2.24, 2.45) is 0 Å². The molecule has 1 aliphatic carbocycles. The predicted molar refractivity (Wildman–Crippen MR) is 54.5 cm³/mol. The summed E-state index contributed by atoms with van der Waals surface area (Å²) in [6, 6.07) is 0. The molecule has 0 bridgehead atoms. The van der Waals surface area contributed by atoms with Crippen LogP contribution in [0.2, 0.25) is 0 Å². The van der Waals surface area contributed by atoms with E-state index in [1.807, 2.05) is 0 Å². The Balaban J connectivity index is 2.17. The Morgan fingerprint density at radius 3 is 2.87 bits per heavy atom. The van der Waals surface area contributed by atoms with Gasteiger partial charge in [0.2, 0.25) is 4.96 Å². The molecule has 0 aliphatic heterocycles. The number of carboxylic acids is 1. The van der Waals surface area contributed by atoms with Gasteiger partial charge in [-0.15, -0.1) is 0 Å². The molecule has 2 heterocycles. The number of aryl methyl sites for hydroxylation is 1. The van der Waals surface area contributed by atoms with Crippen molar-refractivity contribution >= 4 is 22.3 Å². The number of hydrogen-bond donors (Lipinski definition) is 1. The van der Waals surface area contributed by atoms with Crippen LogP contribution in [-0.2, 0) is 0 Å². The third-order valence-electron chi connectivity index (χ3n) is 2.57. The van der Waals surface area contributed by atoms with Crippen molar-refractivity contribution in [3.63, 3.8) is 0 Å². The molecule has 3 rings (SSSR count). The van der Waals surface area contributed by atoms with Gasteiger partial charge in [0.25, 0.3) is 0 Å². The summed E-state index contributed by atoms with van der Waals surface area (Å²) in [6.07, 6.45) is 2.31. The van der Waals surface area contributed by atoms with Crippen molar-refractivity contribution in [2.45, 2.75) is 25.7 Å². The summed E-state index contributed by atoms with van der Waals surface area (Å²) in [5, 5.41) is 13.2. The van der Waals surface area contributed by atoms with E-state index in [1.54, 1.807) is 11.4 Å². The monoisotopic (exact) mass is 223 g/mol. The first-order chi connectivity index (χ1) is 7.16. The Labute approximate surface area is 89.4 Å². The standard InChI is InChI=1S/C9H9N3O2S/c1-4-6(8(13)14)15-9-10-7(5-2-3-5)11-12(4)9/h5H,2-3H2,1H3,(H,13,14). The van der Waals surface area contributed by atoms with Gasteiger partial charge in [-0.1, -0.05) is 11.3 Å². The number of aromatic nitrogens is 3. The lowest BCUT2D eigenvalue weighted by atomic mass is 10.4. The first kappa shape index (κ1) is 8.84. The van der Waals surface area contributed by atoms with Crippen LogP contribution in [0.3, 0.4) is 0 Å². The van der Waals surface area contributed by atoms with E-state index in [0.717, 1.165) is 18.7 Å². The van der Waals surface area contributed by atoms with Crippen LogP contribution in [0.15, 0.2) is 0 Å². The lowest BCUT2D eigenvalue weighted by molar-refractivity contribution is 0.0701. The quantitative estimate of drug-likeness (QED) is 0.841. The van der Waals surface area contributed by atoms with E-state index in [2.05, 4.69) is 10.1 Å². The maximum atomic E-state index is 10.9. The van der Waals surface area contributed by atoms with Crippen LogP contribution < -0.4 is 0 Å². The lowest BCUT2D eigenvalue weighted by Gasteiger charge is -1.90. The van der Waals surface area contributed by atoms with Crippen LogP contribution in [0.5, 0.6) is 0 Å². The molecule has 1 saturated carbocycles. The fourth-order valence-corrected chi connectivity index (χ4v) is 2.48. The molecule has 0 spiro atoms. The van der Waals surface area contributed by atoms with Crippen molar-refractivity contribution < 1.29 is 9.90 Å². The highest BCUT2D eigenvalue weighted by Gasteiger charge is 2.29. The average molecular weight is 223 g/mol. The van der Waals surface area contributed by atoms with E-state index in [4.69, 9.17) is 5.11 Å². The van der Waals surface area contributed by atoms with Gasteiger partial charge in [0, 0.05) is 5.92 Å². The highest BCUT2D eigenvalue weighted by atomic mass is 32.1. The number of carbonyl (C=O) groups is 1. The van der Waals surface area contributed by atoms with E-state index >= 15 is 0 Å². The molecular formula is C9H9N3O2S. The molecule has 1 aliphatic rings. The Kier molecular flexibility index (Phi) is 1.64. The van der Waals surface area contributed by atoms with E-state index in [9.17, 15) is 4.79 Å². The number of carboxylic acid groups (broad SMARTS) is 1. The molecule has 2 aromatic rings. The van der Waals surface area contributed by atoms with Crippen molar-refractivity contribution in [3.8, 4) is 0 Å². The summed E-state index contributed by atoms with van der Waals surface area (Å²) >= 11 is 1.19. The molecule has 15 heavy (non-hydrogen) atoms. The fourth-order valence-electron chi connectivity index (χ4n) is 1.57. The largest absolute Gasteiger partial charge is 0.477 e. The van der Waals surface area contributed by atoms with Crippen LogP contribution in [0.1, 0.15) is 39.9 Å². The summed E-state index contributed by atoms with van der Waals surface area (Å²) in [7, 11) is 0. The summed E-state index contributed by atoms with van der Waals surface area (Å²) in [4.78, 5) is 16.2. The van der Waals surface area contributed by atoms with Gasteiger partial charge in [0.15, 0.2) is 5.82 Å². The molecular weight excluding hydrogens is 214 g/mol. The lowest BCUT2D eigenvalue weighted by Crippen LogP contribution is -1.98. The molecule has 1 N–H and O–H groups in total. The van der Waals surface area contributed by atoms with Crippen LogP contribution in [0.25, 0.3) is 4.96 Å². The molecule has 5 nitrogen and oxygen atoms in total. The predicted octanol–water partition coefficient (Wildman–Crippen LogP) is 1.67. The minimum atomic E-state index is -0.905. The molecule has 0 saturated heterocycles. The fraction of sp³-hybridized carbons (Fsp3) is 0.444. The number of thiazole rings is 1. The molecule has 1 fully saturated rings. The minimum Gasteiger partial charge on any atom is -0.477 e. The maximum absolute atomic E-state index is 10.9. The zero-order chi connectivity index (χ0) is 10.6. The SMILES string of the molecule is Cc1c(C(=O)O)sc2nc(C3CC3)nn12.